The lowest BCUT2D eigenvalue weighted by molar-refractivity contribution is -0.130. The second-order valence-electron chi connectivity index (χ2n) is 2.94. The SMILES string of the molecule is N#CC(=O)C(=O)C#N.c1cnc2ncccc2c1. The maximum atomic E-state index is 9.81. The Bertz CT molecular complexity index is 578. The molecule has 0 saturated heterocycles. The minimum Gasteiger partial charge on any atom is -0.272 e. The maximum absolute atomic E-state index is 9.81. The molecule has 0 saturated carbocycles. The number of fused-ring (bicyclic) bond motifs is 1. The van der Waals surface area contributed by atoms with Crippen LogP contribution in [0.2, 0.25) is 0 Å². The number of nitrogens with zero attached hydrogens (tertiary/aromatic N) is 4. The van der Waals surface area contributed by atoms with Gasteiger partial charge >= 0.3 is 11.6 Å². The number of nitriles is 2. The monoisotopic (exact) mass is 238 g/mol. The predicted octanol–water partition coefficient (Wildman–Crippen LogP) is 0.802. The summed E-state index contributed by atoms with van der Waals surface area (Å²) in [6, 6.07) is 9.81. The maximum Gasteiger partial charge on any atom is 0.312 e. The van der Waals surface area contributed by atoms with Crippen LogP contribution in [0.3, 0.4) is 0 Å². The summed E-state index contributed by atoms with van der Waals surface area (Å²) in [6.45, 7) is 0. The smallest absolute Gasteiger partial charge is 0.272 e. The lowest BCUT2D eigenvalue weighted by Crippen LogP contribution is -2.06. The third kappa shape index (κ3) is 3.47. The third-order valence-electron chi connectivity index (χ3n) is 1.78. The van der Waals surface area contributed by atoms with Crippen LogP contribution in [0.15, 0.2) is 36.7 Å². The highest BCUT2D eigenvalue weighted by molar-refractivity contribution is 6.48. The number of ketones is 2. The summed E-state index contributed by atoms with van der Waals surface area (Å²) in [6.07, 6.45) is 3.49. The zero-order valence-corrected chi connectivity index (χ0v) is 9.07. The van der Waals surface area contributed by atoms with E-state index in [1.807, 2.05) is 24.3 Å². The molecule has 0 aliphatic rings. The Morgan fingerprint density at radius 3 is 1.72 bits per heavy atom. The van der Waals surface area contributed by atoms with Crippen LogP contribution >= 0.6 is 0 Å². The number of carbonyl (C=O) groups excluding carboxylic acids is 2. The van der Waals surface area contributed by atoms with Crippen LogP contribution in [0.4, 0.5) is 0 Å². The van der Waals surface area contributed by atoms with Gasteiger partial charge in [-0.25, -0.2) is 9.97 Å². The number of pyridine rings is 2. The summed E-state index contributed by atoms with van der Waals surface area (Å²) in [5.41, 5.74) is 0.810. The first-order valence-electron chi connectivity index (χ1n) is 4.73. The van der Waals surface area contributed by atoms with Gasteiger partial charge in [-0.1, -0.05) is 0 Å². The topological polar surface area (TPSA) is 108 Å². The fourth-order valence-corrected chi connectivity index (χ4v) is 1.01. The standard InChI is InChI=1S/C8H6N2.C4N2O2/c1-3-7-4-2-6-10-8(7)9-5-1;5-1-3(7)4(8)2-6/h1-6H;. The van der Waals surface area contributed by atoms with Crippen LogP contribution in [-0.2, 0) is 9.59 Å². The summed E-state index contributed by atoms with van der Waals surface area (Å²) in [4.78, 5) is 27.8. The summed E-state index contributed by atoms with van der Waals surface area (Å²) in [5, 5.41) is 16.4. The average Bonchev–Trinajstić information content (AvgIpc) is 2.46. The molecule has 0 radical (unpaired) electrons. The molecule has 0 aromatic carbocycles. The predicted molar refractivity (Wildman–Crippen MR) is 60.8 cm³/mol. The molecule has 86 valence electrons. The van der Waals surface area contributed by atoms with Crippen LogP contribution in [0.25, 0.3) is 11.0 Å². The molecule has 6 heteroatoms. The zero-order chi connectivity index (χ0) is 13.4. The summed E-state index contributed by atoms with van der Waals surface area (Å²) >= 11 is 0. The Morgan fingerprint density at radius 1 is 0.944 bits per heavy atom. The summed E-state index contributed by atoms with van der Waals surface area (Å²) in [5.74, 6) is -2.62. The van der Waals surface area contributed by atoms with Gasteiger partial charge in [-0.3, -0.25) is 9.59 Å². The van der Waals surface area contributed by atoms with Gasteiger partial charge in [0.1, 0.15) is 12.1 Å². The molecule has 0 spiro atoms. The molecule has 0 N–H and O–H groups in total. The largest absolute Gasteiger partial charge is 0.312 e. The highest BCUT2D eigenvalue weighted by Crippen LogP contribution is 2.04. The van der Waals surface area contributed by atoms with Gasteiger partial charge in [0.25, 0.3) is 0 Å². The fourth-order valence-electron chi connectivity index (χ4n) is 1.01. The van der Waals surface area contributed by atoms with Gasteiger partial charge in [-0.15, -0.1) is 0 Å². The van der Waals surface area contributed by atoms with Gasteiger partial charge in [0.05, 0.1) is 0 Å². The molecule has 0 aliphatic carbocycles. The molecule has 0 bridgehead atoms. The van der Waals surface area contributed by atoms with E-state index in [2.05, 4.69) is 9.97 Å². The van der Waals surface area contributed by atoms with E-state index in [1.165, 1.54) is 0 Å². The fraction of sp³-hybridized carbons (Fsp3) is 0. The number of rotatable bonds is 1. The Labute approximate surface area is 102 Å². The van der Waals surface area contributed by atoms with Crippen molar-refractivity contribution in [1.29, 1.82) is 10.5 Å². The Balaban J connectivity index is 0.000000187. The molecule has 2 aromatic rings. The molecular formula is C12H6N4O2. The van der Waals surface area contributed by atoms with Crippen molar-refractivity contribution in [3.8, 4) is 12.1 Å². The van der Waals surface area contributed by atoms with E-state index in [4.69, 9.17) is 10.5 Å². The second kappa shape index (κ2) is 6.46. The minimum atomic E-state index is -1.31. The normalized spacial score (nSPS) is 8.33. The second-order valence-corrected chi connectivity index (χ2v) is 2.94. The van der Waals surface area contributed by atoms with E-state index in [-0.39, 0.29) is 0 Å². The van der Waals surface area contributed by atoms with Gasteiger partial charge in [0.2, 0.25) is 0 Å². The quantitative estimate of drug-likeness (QED) is 0.537. The van der Waals surface area contributed by atoms with E-state index >= 15 is 0 Å². The molecule has 0 aliphatic heterocycles. The first-order valence-corrected chi connectivity index (χ1v) is 4.73. The Hall–Kier alpha value is -3.12. The van der Waals surface area contributed by atoms with Crippen molar-refractivity contribution < 1.29 is 9.59 Å². The van der Waals surface area contributed by atoms with Crippen molar-refractivity contribution in [2.75, 3.05) is 0 Å². The highest BCUT2D eigenvalue weighted by atomic mass is 16.2. The summed E-state index contributed by atoms with van der Waals surface area (Å²) in [7, 11) is 0. The molecule has 6 nitrogen and oxygen atoms in total. The first-order chi connectivity index (χ1) is 8.69. The molecule has 18 heavy (non-hydrogen) atoms. The van der Waals surface area contributed by atoms with E-state index in [9.17, 15) is 9.59 Å². The van der Waals surface area contributed by atoms with E-state index < -0.39 is 11.6 Å². The van der Waals surface area contributed by atoms with Crippen molar-refractivity contribution in [2.24, 2.45) is 0 Å². The van der Waals surface area contributed by atoms with Gasteiger partial charge < -0.3 is 0 Å². The number of carbonyl (C=O) groups is 2. The number of aromatic nitrogens is 2. The lowest BCUT2D eigenvalue weighted by Gasteiger charge is -1.90. The summed E-state index contributed by atoms with van der Waals surface area (Å²) < 4.78 is 0. The van der Waals surface area contributed by atoms with Crippen LogP contribution in [-0.4, -0.2) is 21.5 Å². The van der Waals surface area contributed by atoms with Gasteiger partial charge in [-0.05, 0) is 24.3 Å². The van der Waals surface area contributed by atoms with Crippen molar-refractivity contribution >= 4 is 22.6 Å². The van der Waals surface area contributed by atoms with E-state index in [0.717, 1.165) is 23.2 Å². The Morgan fingerprint density at radius 2 is 1.39 bits per heavy atom. The van der Waals surface area contributed by atoms with Crippen molar-refractivity contribution in [1.82, 2.24) is 9.97 Å². The molecule has 0 atom stereocenters. The minimum absolute atomic E-state index is 0.810. The number of hydrogen-bond acceptors (Lipinski definition) is 6. The third-order valence-corrected chi connectivity index (χ3v) is 1.78. The van der Waals surface area contributed by atoms with Crippen LogP contribution in [0.1, 0.15) is 0 Å². The number of Topliss-reactive ketones (excluding diaryl/α,β-unsaturated/α-hetero) is 2. The van der Waals surface area contributed by atoms with Crippen molar-refractivity contribution in [3.05, 3.63) is 36.7 Å². The lowest BCUT2D eigenvalue weighted by atomic mass is 10.3. The van der Waals surface area contributed by atoms with E-state index in [1.54, 1.807) is 12.4 Å². The average molecular weight is 238 g/mol. The van der Waals surface area contributed by atoms with Crippen LogP contribution in [0, 0.1) is 22.7 Å². The molecule has 0 fully saturated rings. The van der Waals surface area contributed by atoms with Crippen molar-refractivity contribution in [3.63, 3.8) is 0 Å². The molecule has 2 heterocycles. The highest BCUT2D eigenvalue weighted by Gasteiger charge is 2.09. The van der Waals surface area contributed by atoms with Gasteiger partial charge in [0, 0.05) is 17.8 Å². The number of hydrogen-bond donors (Lipinski definition) is 0. The van der Waals surface area contributed by atoms with E-state index in [0.29, 0.717) is 0 Å². The first kappa shape index (κ1) is 12.9. The molecular weight excluding hydrogens is 232 g/mol. The molecule has 0 amide bonds. The van der Waals surface area contributed by atoms with Gasteiger partial charge in [0.15, 0.2) is 5.65 Å². The van der Waals surface area contributed by atoms with Crippen LogP contribution in [0.5, 0.6) is 0 Å². The molecule has 0 unspecified atom stereocenters. The van der Waals surface area contributed by atoms with Gasteiger partial charge in [-0.2, -0.15) is 10.5 Å². The zero-order valence-electron chi connectivity index (χ0n) is 9.07. The van der Waals surface area contributed by atoms with Crippen molar-refractivity contribution in [2.45, 2.75) is 0 Å². The Kier molecular flexibility index (Phi) is 4.65. The van der Waals surface area contributed by atoms with Crippen LogP contribution < -0.4 is 0 Å². The molecule has 2 aromatic heterocycles. The molecule has 2 rings (SSSR count).